The Hall–Kier alpha value is -1.43. The molecule has 1 aromatic heterocycles. The molecule has 1 saturated heterocycles. The van der Waals surface area contributed by atoms with Crippen molar-refractivity contribution < 1.29 is 13.7 Å². The maximum atomic E-state index is 12.3. The van der Waals surface area contributed by atoms with Gasteiger partial charge in [0.25, 0.3) is 0 Å². The van der Waals surface area contributed by atoms with Crippen molar-refractivity contribution in [2.24, 2.45) is 5.92 Å². The quantitative estimate of drug-likeness (QED) is 0.847. The van der Waals surface area contributed by atoms with Crippen molar-refractivity contribution >= 4 is 16.9 Å². The number of piperidine rings is 1. The van der Waals surface area contributed by atoms with Crippen molar-refractivity contribution in [3.8, 4) is 0 Å². The van der Waals surface area contributed by atoms with Gasteiger partial charge in [-0.15, -0.1) is 0 Å². The molecule has 0 N–H and O–H groups in total. The predicted octanol–water partition coefficient (Wildman–Crippen LogP) is 2.98. The molecule has 0 radical (unpaired) electrons. The number of pyridine rings is 1. The molecule has 0 spiro atoms. The molecule has 5 nitrogen and oxygen atoms in total. The standard InChI is InChI=1S/C17H26N2O3S/c1-17(2,3)22-16(20)19-10-4-5-15(11-19)13-23(21)12-14-6-8-18-9-7-14/h6-9,15H,4-5,10-13H2,1-3H3. The van der Waals surface area contributed by atoms with Crippen LogP contribution in [0.5, 0.6) is 0 Å². The van der Waals surface area contributed by atoms with Crippen molar-refractivity contribution in [2.45, 2.75) is 45.0 Å². The van der Waals surface area contributed by atoms with Crippen LogP contribution < -0.4 is 0 Å². The lowest BCUT2D eigenvalue weighted by Gasteiger charge is -2.34. The predicted molar refractivity (Wildman–Crippen MR) is 91.5 cm³/mol. The van der Waals surface area contributed by atoms with Crippen molar-refractivity contribution in [3.05, 3.63) is 30.1 Å². The van der Waals surface area contributed by atoms with E-state index in [-0.39, 0.29) is 12.0 Å². The Morgan fingerprint density at radius 1 is 1.39 bits per heavy atom. The van der Waals surface area contributed by atoms with Gasteiger partial charge in [0, 0.05) is 47.8 Å². The number of hydrogen-bond acceptors (Lipinski definition) is 4. The molecule has 6 heteroatoms. The fourth-order valence-corrected chi connectivity index (χ4v) is 4.16. The molecule has 1 aliphatic heterocycles. The highest BCUT2D eigenvalue weighted by Crippen LogP contribution is 2.20. The average molecular weight is 338 g/mol. The van der Waals surface area contributed by atoms with E-state index in [1.54, 1.807) is 17.3 Å². The molecule has 0 aromatic carbocycles. The maximum absolute atomic E-state index is 12.3. The minimum absolute atomic E-state index is 0.262. The molecule has 0 aliphatic carbocycles. The number of carbonyl (C=O) groups excluding carboxylic acids is 1. The van der Waals surface area contributed by atoms with E-state index in [9.17, 15) is 9.00 Å². The lowest BCUT2D eigenvalue weighted by atomic mass is 10.0. The Balaban J connectivity index is 1.84. The molecule has 2 heterocycles. The number of aromatic nitrogens is 1. The largest absolute Gasteiger partial charge is 0.444 e. The lowest BCUT2D eigenvalue weighted by Crippen LogP contribution is -2.44. The van der Waals surface area contributed by atoms with E-state index in [2.05, 4.69) is 4.98 Å². The van der Waals surface area contributed by atoms with E-state index in [0.717, 1.165) is 24.9 Å². The molecule has 2 unspecified atom stereocenters. The summed E-state index contributed by atoms with van der Waals surface area (Å²) < 4.78 is 17.8. The molecule has 128 valence electrons. The summed E-state index contributed by atoms with van der Waals surface area (Å²) >= 11 is 0. The molecule has 1 fully saturated rings. The van der Waals surface area contributed by atoms with E-state index in [0.29, 0.717) is 18.1 Å². The van der Waals surface area contributed by atoms with Gasteiger partial charge in [-0.3, -0.25) is 9.19 Å². The van der Waals surface area contributed by atoms with E-state index in [1.165, 1.54) is 0 Å². The van der Waals surface area contributed by atoms with Crippen LogP contribution in [0.2, 0.25) is 0 Å². The van der Waals surface area contributed by atoms with Gasteiger partial charge >= 0.3 is 6.09 Å². The smallest absolute Gasteiger partial charge is 0.410 e. The van der Waals surface area contributed by atoms with E-state index in [1.807, 2.05) is 32.9 Å². The summed E-state index contributed by atoms with van der Waals surface area (Å²) in [5.74, 6) is 1.45. The van der Waals surface area contributed by atoms with Gasteiger partial charge in [-0.25, -0.2) is 4.79 Å². The second-order valence-electron chi connectivity index (χ2n) is 7.04. The van der Waals surface area contributed by atoms with Gasteiger partial charge in [0.05, 0.1) is 0 Å². The maximum Gasteiger partial charge on any atom is 0.410 e. The van der Waals surface area contributed by atoms with E-state index >= 15 is 0 Å². The summed E-state index contributed by atoms with van der Waals surface area (Å²) in [6.07, 6.45) is 5.13. The third-order valence-corrected chi connectivity index (χ3v) is 5.17. The summed E-state index contributed by atoms with van der Waals surface area (Å²) in [5.41, 5.74) is 0.562. The van der Waals surface area contributed by atoms with Gasteiger partial charge in [0.15, 0.2) is 0 Å². The zero-order valence-corrected chi connectivity index (χ0v) is 15.0. The topological polar surface area (TPSA) is 59.5 Å². The SMILES string of the molecule is CC(C)(C)OC(=O)N1CCCC(CS(=O)Cc2ccncc2)C1. The number of amides is 1. The first-order valence-corrected chi connectivity index (χ1v) is 9.54. The molecular weight excluding hydrogens is 312 g/mol. The molecule has 0 saturated carbocycles. The first-order chi connectivity index (χ1) is 10.8. The van der Waals surface area contributed by atoms with Crippen LogP contribution in [0.15, 0.2) is 24.5 Å². The first kappa shape index (κ1) is 17.9. The average Bonchev–Trinajstić information content (AvgIpc) is 2.46. The third-order valence-electron chi connectivity index (χ3n) is 3.67. The molecular formula is C17H26N2O3S. The second-order valence-corrected chi connectivity index (χ2v) is 8.54. The number of nitrogens with zero attached hydrogens (tertiary/aromatic N) is 2. The number of rotatable bonds is 4. The van der Waals surface area contributed by atoms with Crippen molar-refractivity contribution in [2.75, 3.05) is 18.8 Å². The Morgan fingerprint density at radius 3 is 2.74 bits per heavy atom. The van der Waals surface area contributed by atoms with Gasteiger partial charge in [-0.1, -0.05) is 0 Å². The van der Waals surface area contributed by atoms with Gasteiger partial charge in [-0.2, -0.15) is 0 Å². The lowest BCUT2D eigenvalue weighted by molar-refractivity contribution is 0.0176. The number of likely N-dealkylation sites (tertiary alicyclic amines) is 1. The molecule has 1 aromatic rings. The van der Waals surface area contributed by atoms with E-state index < -0.39 is 16.4 Å². The molecule has 2 atom stereocenters. The Bertz CT molecular complexity index is 543. The highest BCUT2D eigenvalue weighted by molar-refractivity contribution is 7.84. The Morgan fingerprint density at radius 2 is 2.09 bits per heavy atom. The Kier molecular flexibility index (Phi) is 6.16. The zero-order chi connectivity index (χ0) is 16.9. The second kappa shape index (κ2) is 7.90. The van der Waals surface area contributed by atoms with Crippen LogP contribution in [0.25, 0.3) is 0 Å². The normalized spacial score (nSPS) is 20.1. The summed E-state index contributed by atoms with van der Waals surface area (Å²) in [6.45, 7) is 6.97. The number of hydrogen-bond donors (Lipinski definition) is 0. The highest BCUT2D eigenvalue weighted by Gasteiger charge is 2.28. The first-order valence-electron chi connectivity index (χ1n) is 8.05. The highest BCUT2D eigenvalue weighted by atomic mass is 32.2. The third kappa shape index (κ3) is 6.29. The van der Waals surface area contributed by atoms with Crippen LogP contribution >= 0.6 is 0 Å². The number of ether oxygens (including phenoxy) is 1. The summed E-state index contributed by atoms with van der Waals surface area (Å²) in [4.78, 5) is 17.9. The molecule has 1 aliphatic rings. The molecule has 23 heavy (non-hydrogen) atoms. The van der Waals surface area contributed by atoms with Crippen molar-refractivity contribution in [1.82, 2.24) is 9.88 Å². The van der Waals surface area contributed by atoms with Crippen LogP contribution in [0.3, 0.4) is 0 Å². The van der Waals surface area contributed by atoms with Crippen molar-refractivity contribution in [3.63, 3.8) is 0 Å². The van der Waals surface area contributed by atoms with Crippen LogP contribution in [0.1, 0.15) is 39.2 Å². The number of carbonyl (C=O) groups is 1. The minimum Gasteiger partial charge on any atom is -0.444 e. The van der Waals surface area contributed by atoms with Gasteiger partial charge < -0.3 is 9.64 Å². The van der Waals surface area contributed by atoms with Crippen LogP contribution in [-0.2, 0) is 21.3 Å². The van der Waals surface area contributed by atoms with Crippen LogP contribution in [0, 0.1) is 5.92 Å². The fourth-order valence-electron chi connectivity index (χ4n) is 2.68. The summed E-state index contributed by atoms with van der Waals surface area (Å²) in [7, 11) is -0.922. The Labute approximate surface area is 140 Å². The van der Waals surface area contributed by atoms with Gasteiger partial charge in [-0.05, 0) is 57.2 Å². The van der Waals surface area contributed by atoms with Crippen molar-refractivity contribution in [1.29, 1.82) is 0 Å². The zero-order valence-electron chi connectivity index (χ0n) is 14.2. The van der Waals surface area contributed by atoms with E-state index in [4.69, 9.17) is 4.74 Å². The molecule has 2 rings (SSSR count). The van der Waals surface area contributed by atoms with Crippen LogP contribution in [-0.4, -0.2) is 44.6 Å². The van der Waals surface area contributed by atoms with Gasteiger partial charge in [0.2, 0.25) is 0 Å². The molecule has 1 amide bonds. The minimum atomic E-state index is -0.922. The van der Waals surface area contributed by atoms with Gasteiger partial charge in [0.1, 0.15) is 5.60 Å². The van der Waals surface area contributed by atoms with Crippen LogP contribution in [0.4, 0.5) is 4.79 Å². The fraction of sp³-hybridized carbons (Fsp3) is 0.647. The summed E-state index contributed by atoms with van der Waals surface area (Å²) in [6, 6.07) is 3.79. The molecule has 0 bridgehead atoms. The summed E-state index contributed by atoms with van der Waals surface area (Å²) in [5, 5.41) is 0. The monoisotopic (exact) mass is 338 g/mol.